The van der Waals surface area contributed by atoms with E-state index in [1.807, 2.05) is 13.8 Å². The highest BCUT2D eigenvalue weighted by Crippen LogP contribution is 2.15. The monoisotopic (exact) mass is 259 g/mol. The minimum absolute atomic E-state index is 0.0180. The van der Waals surface area contributed by atoms with E-state index < -0.39 is 11.6 Å². The van der Waals surface area contributed by atoms with Crippen molar-refractivity contribution in [3.05, 3.63) is 0 Å². The number of rotatable bonds is 8. The molecule has 0 aromatic carbocycles. The smallest absolute Gasteiger partial charge is 0.303 e. The number of nitrogens with one attached hydrogen (secondary N) is 1. The third-order valence-corrected chi connectivity index (χ3v) is 2.57. The van der Waals surface area contributed by atoms with Gasteiger partial charge in [0.25, 0.3) is 0 Å². The summed E-state index contributed by atoms with van der Waals surface area (Å²) in [5.41, 5.74) is -0.917. The van der Waals surface area contributed by atoms with E-state index in [4.69, 9.17) is 5.11 Å². The van der Waals surface area contributed by atoms with Gasteiger partial charge in [-0.2, -0.15) is 0 Å². The molecule has 0 aromatic rings. The maximum Gasteiger partial charge on any atom is 0.303 e. The second-order valence-corrected chi connectivity index (χ2v) is 5.78. The number of carboxylic acid groups (broad SMARTS) is 1. The van der Waals surface area contributed by atoms with Crippen LogP contribution in [0.1, 0.15) is 47.0 Å². The fourth-order valence-electron chi connectivity index (χ4n) is 2.00. The van der Waals surface area contributed by atoms with Crippen molar-refractivity contribution >= 4 is 11.9 Å². The van der Waals surface area contributed by atoms with Crippen LogP contribution in [0.4, 0.5) is 0 Å². The molecule has 5 nitrogen and oxygen atoms in total. The fourth-order valence-corrected chi connectivity index (χ4v) is 2.00. The van der Waals surface area contributed by atoms with Gasteiger partial charge in [-0.25, -0.2) is 0 Å². The summed E-state index contributed by atoms with van der Waals surface area (Å²) in [6, 6.07) is 0. The molecule has 0 rings (SSSR count). The Kier molecular flexibility index (Phi) is 6.91. The second-order valence-electron chi connectivity index (χ2n) is 5.78. The lowest BCUT2D eigenvalue weighted by Crippen LogP contribution is -2.41. The molecular weight excluding hydrogens is 234 g/mol. The molecule has 3 N–H and O–H groups in total. The predicted octanol–water partition coefficient (Wildman–Crippen LogP) is 1.40. The predicted molar refractivity (Wildman–Crippen MR) is 69.1 cm³/mol. The first-order chi connectivity index (χ1) is 8.12. The molecule has 0 saturated carbocycles. The molecule has 0 spiro atoms. The Morgan fingerprint density at radius 2 is 1.78 bits per heavy atom. The van der Waals surface area contributed by atoms with E-state index in [0.29, 0.717) is 12.3 Å². The Morgan fingerprint density at radius 3 is 2.22 bits per heavy atom. The van der Waals surface area contributed by atoms with Crippen molar-refractivity contribution in [3.63, 3.8) is 0 Å². The van der Waals surface area contributed by atoms with Gasteiger partial charge in [-0.05, 0) is 25.2 Å². The van der Waals surface area contributed by atoms with Gasteiger partial charge >= 0.3 is 5.97 Å². The lowest BCUT2D eigenvalue weighted by molar-refractivity contribution is -0.138. The highest BCUT2D eigenvalue weighted by atomic mass is 16.4. The first kappa shape index (κ1) is 16.9. The highest BCUT2D eigenvalue weighted by Gasteiger charge is 2.23. The number of aliphatic hydroxyl groups is 1. The van der Waals surface area contributed by atoms with Crippen molar-refractivity contribution in [1.82, 2.24) is 5.32 Å². The molecule has 18 heavy (non-hydrogen) atoms. The summed E-state index contributed by atoms with van der Waals surface area (Å²) in [6.07, 6.45) is 0.762. The molecule has 0 fully saturated rings. The van der Waals surface area contributed by atoms with Crippen molar-refractivity contribution in [2.24, 2.45) is 11.8 Å². The van der Waals surface area contributed by atoms with Crippen LogP contribution in [0.15, 0.2) is 0 Å². The highest BCUT2D eigenvalue weighted by molar-refractivity contribution is 5.77. The lowest BCUT2D eigenvalue weighted by Gasteiger charge is -2.25. The molecule has 0 radical (unpaired) electrons. The van der Waals surface area contributed by atoms with Crippen LogP contribution >= 0.6 is 0 Å². The van der Waals surface area contributed by atoms with E-state index in [-0.39, 0.29) is 31.2 Å². The average molecular weight is 259 g/mol. The lowest BCUT2D eigenvalue weighted by atomic mass is 9.94. The molecule has 0 aromatic heterocycles. The SMILES string of the molecule is CC(C)CC(C)(O)CNC(=O)CC(C)CC(=O)O. The molecule has 0 aliphatic carbocycles. The van der Waals surface area contributed by atoms with Crippen LogP contribution in [-0.4, -0.2) is 34.2 Å². The molecule has 0 saturated heterocycles. The molecule has 0 bridgehead atoms. The first-order valence-electron chi connectivity index (χ1n) is 6.33. The molecule has 2 atom stereocenters. The maximum absolute atomic E-state index is 11.6. The molecule has 0 aliphatic rings. The summed E-state index contributed by atoms with van der Waals surface area (Å²) in [5.74, 6) is -0.963. The van der Waals surface area contributed by atoms with Crippen molar-refractivity contribution < 1.29 is 19.8 Å². The number of hydrogen-bond donors (Lipinski definition) is 3. The summed E-state index contributed by atoms with van der Waals surface area (Å²) < 4.78 is 0. The van der Waals surface area contributed by atoms with Gasteiger partial charge in [-0.1, -0.05) is 20.8 Å². The summed E-state index contributed by atoms with van der Waals surface area (Å²) >= 11 is 0. The normalized spacial score (nSPS) is 16.1. The maximum atomic E-state index is 11.6. The van der Waals surface area contributed by atoms with Crippen molar-refractivity contribution in [3.8, 4) is 0 Å². The van der Waals surface area contributed by atoms with E-state index in [1.165, 1.54) is 0 Å². The number of carbonyl (C=O) groups is 2. The number of carbonyl (C=O) groups excluding carboxylic acids is 1. The minimum atomic E-state index is -0.917. The van der Waals surface area contributed by atoms with Crippen LogP contribution in [0, 0.1) is 11.8 Å². The minimum Gasteiger partial charge on any atom is -0.481 e. The number of amides is 1. The first-order valence-corrected chi connectivity index (χ1v) is 6.33. The van der Waals surface area contributed by atoms with Crippen LogP contribution in [0.3, 0.4) is 0 Å². The molecular formula is C13H25NO4. The Hall–Kier alpha value is -1.10. The Bertz CT molecular complexity index is 287. The summed E-state index contributed by atoms with van der Waals surface area (Å²) in [6.45, 7) is 7.62. The standard InChI is InChI=1S/C13H25NO4/c1-9(2)7-13(4,18)8-14-11(15)5-10(3)6-12(16)17/h9-10,18H,5-8H2,1-4H3,(H,14,15)(H,16,17). The summed E-state index contributed by atoms with van der Waals surface area (Å²) in [4.78, 5) is 22.0. The van der Waals surface area contributed by atoms with E-state index in [9.17, 15) is 14.7 Å². The van der Waals surface area contributed by atoms with Gasteiger partial charge in [-0.3, -0.25) is 9.59 Å². The van der Waals surface area contributed by atoms with Crippen molar-refractivity contribution in [1.29, 1.82) is 0 Å². The van der Waals surface area contributed by atoms with Crippen LogP contribution in [0.5, 0.6) is 0 Å². The number of aliphatic carboxylic acids is 1. The van der Waals surface area contributed by atoms with Crippen molar-refractivity contribution in [2.75, 3.05) is 6.54 Å². The quantitative estimate of drug-likeness (QED) is 0.615. The summed E-state index contributed by atoms with van der Waals surface area (Å²) in [5, 5.41) is 21.2. The molecule has 106 valence electrons. The van der Waals surface area contributed by atoms with E-state index in [1.54, 1.807) is 13.8 Å². The molecule has 5 heteroatoms. The second kappa shape index (κ2) is 7.36. The van der Waals surface area contributed by atoms with Crippen molar-refractivity contribution in [2.45, 2.75) is 52.6 Å². The van der Waals surface area contributed by atoms with Gasteiger partial charge in [0.1, 0.15) is 0 Å². The molecule has 1 amide bonds. The van der Waals surface area contributed by atoms with Gasteiger partial charge in [0, 0.05) is 19.4 Å². The summed E-state index contributed by atoms with van der Waals surface area (Å²) in [7, 11) is 0. The van der Waals surface area contributed by atoms with Gasteiger partial charge in [0.2, 0.25) is 5.91 Å². The largest absolute Gasteiger partial charge is 0.481 e. The van der Waals surface area contributed by atoms with Gasteiger partial charge in [0.15, 0.2) is 0 Å². The van der Waals surface area contributed by atoms with Gasteiger partial charge in [-0.15, -0.1) is 0 Å². The van der Waals surface area contributed by atoms with Gasteiger partial charge < -0.3 is 15.5 Å². The number of carboxylic acids is 1. The molecule has 2 unspecified atom stereocenters. The third-order valence-electron chi connectivity index (χ3n) is 2.57. The van der Waals surface area contributed by atoms with E-state index >= 15 is 0 Å². The zero-order valence-corrected chi connectivity index (χ0v) is 11.7. The Balaban J connectivity index is 3.99. The zero-order chi connectivity index (χ0) is 14.3. The van der Waals surface area contributed by atoms with E-state index in [0.717, 1.165) is 0 Å². The van der Waals surface area contributed by atoms with Crippen LogP contribution in [0.25, 0.3) is 0 Å². The van der Waals surface area contributed by atoms with Crippen LogP contribution in [0.2, 0.25) is 0 Å². The molecule has 0 aliphatic heterocycles. The Labute approximate surface area is 109 Å². The average Bonchev–Trinajstić information content (AvgIpc) is 2.11. The topological polar surface area (TPSA) is 86.6 Å². The van der Waals surface area contributed by atoms with E-state index in [2.05, 4.69) is 5.32 Å². The van der Waals surface area contributed by atoms with Gasteiger partial charge in [0.05, 0.1) is 5.60 Å². The number of hydrogen-bond acceptors (Lipinski definition) is 3. The van der Waals surface area contributed by atoms with Crippen LogP contribution in [-0.2, 0) is 9.59 Å². The Morgan fingerprint density at radius 1 is 1.22 bits per heavy atom. The van der Waals surface area contributed by atoms with Crippen LogP contribution < -0.4 is 5.32 Å². The fraction of sp³-hybridized carbons (Fsp3) is 0.846. The zero-order valence-electron chi connectivity index (χ0n) is 11.7. The molecule has 0 heterocycles. The third kappa shape index (κ3) is 8.98.